The summed E-state index contributed by atoms with van der Waals surface area (Å²) in [5.74, 6) is -0.697. The van der Waals surface area contributed by atoms with Gasteiger partial charge in [0, 0.05) is 35.9 Å². The first kappa shape index (κ1) is 22.0. The third-order valence-electron chi connectivity index (χ3n) is 4.82. The summed E-state index contributed by atoms with van der Waals surface area (Å²) in [5.41, 5.74) is 1.57. The summed E-state index contributed by atoms with van der Waals surface area (Å²) in [6.45, 7) is 1.33. The van der Waals surface area contributed by atoms with Gasteiger partial charge in [-0.3, -0.25) is 19.7 Å². The van der Waals surface area contributed by atoms with Crippen LogP contribution in [0.15, 0.2) is 77.9 Å². The minimum atomic E-state index is -0.908. The summed E-state index contributed by atoms with van der Waals surface area (Å²) in [6.07, 6.45) is -0.908. The Morgan fingerprint density at radius 2 is 1.85 bits per heavy atom. The average Bonchev–Trinajstić information content (AvgIpc) is 3.26. The lowest BCUT2D eigenvalue weighted by Gasteiger charge is -2.20. The standard InChI is InChI=1S/C23H17ClN4O5/c1-14(29)27-23(33-22(26-27)15-6-5-9-18(13-15)28(31)32)16-7-4-8-17(12-16)25-21(30)19-10-2-3-11-20(19)24/h2-13,23H,1H3,(H,25,30)/t23-/m0/s1. The number of nitrogens with zero attached hydrogens (tertiary/aromatic N) is 3. The van der Waals surface area contributed by atoms with Crippen molar-refractivity contribution < 1.29 is 19.2 Å². The van der Waals surface area contributed by atoms with Crippen molar-refractivity contribution in [3.8, 4) is 0 Å². The molecule has 0 bridgehead atoms. The molecule has 1 heterocycles. The highest BCUT2D eigenvalue weighted by molar-refractivity contribution is 6.34. The Kier molecular flexibility index (Phi) is 6.05. The smallest absolute Gasteiger partial charge is 0.270 e. The zero-order chi connectivity index (χ0) is 23.5. The number of halogens is 1. The normalized spacial score (nSPS) is 14.9. The Labute approximate surface area is 193 Å². The highest BCUT2D eigenvalue weighted by Gasteiger charge is 2.33. The number of hydrogen-bond donors (Lipinski definition) is 1. The molecule has 10 heteroatoms. The number of nitro benzene ring substituents is 1. The van der Waals surface area contributed by atoms with E-state index in [1.54, 1.807) is 54.6 Å². The minimum absolute atomic E-state index is 0.0735. The number of ether oxygens (including phenoxy) is 1. The topological polar surface area (TPSA) is 114 Å². The summed E-state index contributed by atoms with van der Waals surface area (Å²) in [5, 5.41) is 19.5. The molecule has 0 aromatic heterocycles. The molecule has 1 aliphatic rings. The first-order valence-corrected chi connectivity index (χ1v) is 10.2. The molecule has 1 N–H and O–H groups in total. The van der Waals surface area contributed by atoms with Crippen molar-refractivity contribution in [2.75, 3.05) is 5.32 Å². The second kappa shape index (κ2) is 9.09. The molecule has 1 aliphatic heterocycles. The van der Waals surface area contributed by atoms with Crippen LogP contribution >= 0.6 is 11.6 Å². The summed E-state index contributed by atoms with van der Waals surface area (Å²) in [7, 11) is 0. The number of hydrazone groups is 1. The third kappa shape index (κ3) is 4.68. The molecule has 0 saturated carbocycles. The van der Waals surface area contributed by atoms with Crippen LogP contribution in [0.1, 0.15) is 34.6 Å². The number of hydrogen-bond acceptors (Lipinski definition) is 6. The van der Waals surface area contributed by atoms with Crippen LogP contribution in [-0.4, -0.2) is 27.6 Å². The maximum Gasteiger partial charge on any atom is 0.270 e. The predicted octanol–water partition coefficient (Wildman–Crippen LogP) is 4.74. The minimum Gasteiger partial charge on any atom is -0.446 e. The lowest BCUT2D eigenvalue weighted by molar-refractivity contribution is -0.384. The van der Waals surface area contributed by atoms with Crippen molar-refractivity contribution in [1.29, 1.82) is 0 Å². The second-order valence-corrected chi connectivity index (χ2v) is 7.51. The molecule has 3 aromatic rings. The van der Waals surface area contributed by atoms with Crippen LogP contribution in [0.25, 0.3) is 0 Å². The van der Waals surface area contributed by atoms with E-state index in [9.17, 15) is 19.7 Å². The molecule has 3 aromatic carbocycles. The molecule has 4 rings (SSSR count). The Morgan fingerprint density at radius 3 is 2.58 bits per heavy atom. The van der Waals surface area contributed by atoms with Crippen LogP contribution in [0.2, 0.25) is 5.02 Å². The van der Waals surface area contributed by atoms with E-state index in [1.807, 2.05) is 0 Å². The fourth-order valence-corrected chi connectivity index (χ4v) is 3.49. The summed E-state index contributed by atoms with van der Waals surface area (Å²) >= 11 is 6.10. The quantitative estimate of drug-likeness (QED) is 0.432. The average molecular weight is 465 g/mol. The van der Waals surface area contributed by atoms with Gasteiger partial charge in [-0.15, -0.1) is 5.10 Å². The molecular formula is C23H17ClN4O5. The molecule has 1 atom stereocenters. The van der Waals surface area contributed by atoms with Gasteiger partial charge in [-0.1, -0.05) is 41.9 Å². The van der Waals surface area contributed by atoms with E-state index in [4.69, 9.17) is 16.3 Å². The zero-order valence-corrected chi connectivity index (χ0v) is 18.0. The first-order valence-electron chi connectivity index (χ1n) is 9.79. The number of benzene rings is 3. The van der Waals surface area contributed by atoms with E-state index in [0.717, 1.165) is 5.01 Å². The van der Waals surface area contributed by atoms with Gasteiger partial charge in [0.15, 0.2) is 0 Å². The molecule has 0 saturated heterocycles. The van der Waals surface area contributed by atoms with E-state index in [1.165, 1.54) is 25.1 Å². The van der Waals surface area contributed by atoms with Gasteiger partial charge in [0.25, 0.3) is 11.6 Å². The Bertz CT molecular complexity index is 1290. The molecule has 33 heavy (non-hydrogen) atoms. The van der Waals surface area contributed by atoms with Crippen LogP contribution in [0.5, 0.6) is 0 Å². The highest BCUT2D eigenvalue weighted by atomic mass is 35.5. The van der Waals surface area contributed by atoms with Gasteiger partial charge in [-0.25, -0.2) is 0 Å². The Morgan fingerprint density at radius 1 is 1.09 bits per heavy atom. The molecule has 0 radical (unpaired) electrons. The van der Waals surface area contributed by atoms with Crippen LogP contribution in [0, 0.1) is 10.1 Å². The summed E-state index contributed by atoms with van der Waals surface area (Å²) < 4.78 is 5.90. The Balaban J connectivity index is 1.59. The molecule has 2 amide bonds. The molecule has 0 fully saturated rings. The van der Waals surface area contributed by atoms with Crippen molar-refractivity contribution in [2.45, 2.75) is 13.2 Å². The zero-order valence-electron chi connectivity index (χ0n) is 17.3. The van der Waals surface area contributed by atoms with Crippen molar-refractivity contribution in [3.05, 3.63) is 105 Å². The van der Waals surface area contributed by atoms with Gasteiger partial charge in [0.2, 0.25) is 18.0 Å². The van der Waals surface area contributed by atoms with E-state index in [0.29, 0.717) is 27.4 Å². The first-order chi connectivity index (χ1) is 15.8. The number of amides is 2. The number of non-ortho nitro benzene ring substituents is 1. The molecule has 0 spiro atoms. The number of carbonyl (C=O) groups is 2. The summed E-state index contributed by atoms with van der Waals surface area (Å²) in [4.78, 5) is 35.4. The Hall–Kier alpha value is -4.24. The van der Waals surface area contributed by atoms with Crippen molar-refractivity contribution in [2.24, 2.45) is 5.10 Å². The fraction of sp³-hybridized carbons (Fsp3) is 0.0870. The number of rotatable bonds is 5. The molecule has 166 valence electrons. The van der Waals surface area contributed by atoms with Gasteiger partial charge in [-0.05, 0) is 30.3 Å². The number of anilines is 1. The predicted molar refractivity (Wildman–Crippen MR) is 122 cm³/mol. The summed E-state index contributed by atoms with van der Waals surface area (Å²) in [6, 6.07) is 19.2. The second-order valence-electron chi connectivity index (χ2n) is 7.11. The molecule has 0 aliphatic carbocycles. The lowest BCUT2D eigenvalue weighted by atomic mass is 10.1. The molecular weight excluding hydrogens is 448 g/mol. The van der Waals surface area contributed by atoms with Crippen molar-refractivity contribution >= 4 is 40.7 Å². The van der Waals surface area contributed by atoms with Crippen LogP contribution in [0.3, 0.4) is 0 Å². The van der Waals surface area contributed by atoms with Crippen molar-refractivity contribution in [1.82, 2.24) is 5.01 Å². The highest BCUT2D eigenvalue weighted by Crippen LogP contribution is 2.32. The number of carbonyl (C=O) groups excluding carboxylic acids is 2. The van der Waals surface area contributed by atoms with Gasteiger partial charge in [-0.2, -0.15) is 5.01 Å². The lowest BCUT2D eigenvalue weighted by Crippen LogP contribution is -2.25. The van der Waals surface area contributed by atoms with Gasteiger partial charge >= 0.3 is 0 Å². The largest absolute Gasteiger partial charge is 0.446 e. The van der Waals surface area contributed by atoms with Crippen LogP contribution in [0.4, 0.5) is 11.4 Å². The number of nitrogens with one attached hydrogen (secondary N) is 1. The van der Waals surface area contributed by atoms with E-state index in [-0.39, 0.29) is 23.4 Å². The van der Waals surface area contributed by atoms with Crippen molar-refractivity contribution in [3.63, 3.8) is 0 Å². The van der Waals surface area contributed by atoms with Gasteiger partial charge in [0.1, 0.15) is 0 Å². The van der Waals surface area contributed by atoms with Crippen LogP contribution in [-0.2, 0) is 9.53 Å². The fourth-order valence-electron chi connectivity index (χ4n) is 3.27. The maximum atomic E-state index is 12.6. The maximum absolute atomic E-state index is 12.6. The monoisotopic (exact) mass is 464 g/mol. The third-order valence-corrected chi connectivity index (χ3v) is 5.15. The van der Waals surface area contributed by atoms with Gasteiger partial charge in [0.05, 0.1) is 15.5 Å². The van der Waals surface area contributed by atoms with E-state index < -0.39 is 11.2 Å². The van der Waals surface area contributed by atoms with E-state index in [2.05, 4.69) is 10.4 Å². The van der Waals surface area contributed by atoms with E-state index >= 15 is 0 Å². The molecule has 0 unspecified atom stereocenters. The number of nitro groups is 1. The SMILES string of the molecule is CC(=O)N1N=C(c2cccc([N+](=O)[O-])c2)O[C@H]1c1cccc(NC(=O)c2ccccc2Cl)c1. The molecule has 9 nitrogen and oxygen atoms in total. The van der Waals surface area contributed by atoms with Gasteiger partial charge < -0.3 is 10.1 Å². The van der Waals surface area contributed by atoms with Crippen LogP contribution < -0.4 is 5.32 Å².